The van der Waals surface area contributed by atoms with Gasteiger partial charge >= 0.3 is 0 Å². The van der Waals surface area contributed by atoms with E-state index in [2.05, 4.69) is 40.1 Å². The summed E-state index contributed by atoms with van der Waals surface area (Å²) in [6, 6.07) is 28.9. The second kappa shape index (κ2) is 18.6. The lowest BCUT2D eigenvalue weighted by atomic mass is 9.95. The van der Waals surface area contributed by atoms with Crippen LogP contribution in [0, 0.1) is 19.8 Å². The Bertz CT molecular complexity index is 2380. The fourth-order valence-corrected chi connectivity index (χ4v) is 7.21. The molecule has 3 unspecified atom stereocenters. The molecule has 5 N–H and O–H groups in total. The molecule has 12 nitrogen and oxygen atoms in total. The lowest BCUT2D eigenvalue weighted by Crippen LogP contribution is -2.54. The van der Waals surface area contributed by atoms with Crippen LogP contribution in [0.2, 0.25) is 0 Å². The predicted molar refractivity (Wildman–Crippen MR) is 226 cm³/mol. The Morgan fingerprint density at radius 2 is 1.43 bits per heavy atom. The molecule has 4 aromatic carbocycles. The molecule has 0 aliphatic rings. The Labute approximate surface area is 339 Å². The Morgan fingerprint density at radius 1 is 0.741 bits per heavy atom. The van der Waals surface area contributed by atoms with Crippen LogP contribution < -0.4 is 21.7 Å². The number of carbonyl (C=O) groups excluding carboxylic acids is 4. The first-order valence-corrected chi connectivity index (χ1v) is 19.7. The monoisotopic (exact) mass is 780 g/mol. The van der Waals surface area contributed by atoms with Crippen molar-refractivity contribution >= 4 is 40.2 Å². The van der Waals surface area contributed by atoms with Crippen LogP contribution in [0.1, 0.15) is 65.8 Å². The van der Waals surface area contributed by atoms with Gasteiger partial charge in [0.1, 0.15) is 24.3 Å². The van der Waals surface area contributed by atoms with Crippen molar-refractivity contribution in [1.82, 2.24) is 30.2 Å². The topological polar surface area (TPSA) is 166 Å². The van der Waals surface area contributed by atoms with Crippen LogP contribution in [-0.2, 0) is 51.5 Å². The molecule has 0 aliphatic carbocycles. The van der Waals surface area contributed by atoms with Crippen LogP contribution in [0.3, 0.4) is 0 Å². The summed E-state index contributed by atoms with van der Waals surface area (Å²) in [5.41, 5.74) is 13.8. The van der Waals surface area contributed by atoms with Crippen molar-refractivity contribution in [1.29, 1.82) is 0 Å². The van der Waals surface area contributed by atoms with Gasteiger partial charge in [0, 0.05) is 35.6 Å². The highest BCUT2D eigenvalue weighted by molar-refractivity contribution is 5.94. The average Bonchev–Trinajstić information content (AvgIpc) is 3.78. The number of benzene rings is 4. The third kappa shape index (κ3) is 10.6. The minimum absolute atomic E-state index is 0.00837. The maximum Gasteiger partial charge on any atom is 0.246 e. The maximum atomic E-state index is 14.2. The van der Waals surface area contributed by atoms with Crippen molar-refractivity contribution in [2.45, 2.75) is 85.0 Å². The number of hydrogen-bond acceptors (Lipinski definition) is 6. The van der Waals surface area contributed by atoms with Crippen molar-refractivity contribution in [3.63, 3.8) is 0 Å². The number of aromatic nitrogens is 4. The molecule has 4 amide bonds. The van der Waals surface area contributed by atoms with Crippen molar-refractivity contribution < 1.29 is 19.2 Å². The number of carbonyl (C=O) groups is 4. The Morgan fingerprint density at radius 3 is 2.14 bits per heavy atom. The zero-order chi connectivity index (χ0) is 41.3. The molecule has 2 heterocycles. The van der Waals surface area contributed by atoms with Gasteiger partial charge in [-0.05, 0) is 73.1 Å². The molecule has 58 heavy (non-hydrogen) atoms. The van der Waals surface area contributed by atoms with E-state index >= 15 is 0 Å². The highest BCUT2D eigenvalue weighted by Gasteiger charge is 2.29. The van der Waals surface area contributed by atoms with E-state index in [0.717, 1.165) is 50.8 Å². The zero-order valence-corrected chi connectivity index (χ0v) is 33.7. The molecule has 0 saturated heterocycles. The summed E-state index contributed by atoms with van der Waals surface area (Å²) in [7, 11) is 0. The normalized spacial score (nSPS) is 12.9. The summed E-state index contributed by atoms with van der Waals surface area (Å²) >= 11 is 0. The van der Waals surface area contributed by atoms with Crippen molar-refractivity contribution in [2.75, 3.05) is 5.32 Å². The fourth-order valence-electron chi connectivity index (χ4n) is 7.21. The van der Waals surface area contributed by atoms with Crippen LogP contribution in [0.4, 0.5) is 5.69 Å². The third-order valence-corrected chi connectivity index (χ3v) is 10.3. The number of fused-ring (bicyclic) bond motifs is 1. The maximum absolute atomic E-state index is 14.2. The third-order valence-electron chi connectivity index (χ3n) is 10.3. The van der Waals surface area contributed by atoms with Gasteiger partial charge in [0.2, 0.25) is 23.6 Å². The van der Waals surface area contributed by atoms with E-state index < -0.39 is 29.8 Å². The second-order valence-electron chi connectivity index (χ2n) is 15.6. The van der Waals surface area contributed by atoms with Gasteiger partial charge in [-0.3, -0.25) is 19.2 Å². The van der Waals surface area contributed by atoms with Crippen LogP contribution >= 0.6 is 0 Å². The molecule has 12 heteroatoms. The van der Waals surface area contributed by atoms with Crippen LogP contribution in [-0.4, -0.2) is 55.3 Å². The summed E-state index contributed by atoms with van der Waals surface area (Å²) in [6.07, 6.45) is 4.95. The van der Waals surface area contributed by atoms with E-state index in [1.54, 1.807) is 6.20 Å². The summed E-state index contributed by atoms with van der Waals surface area (Å²) in [6.45, 7) is 10.4. The number of hydrogen-bond donors (Lipinski definition) is 4. The first-order chi connectivity index (χ1) is 27.8. The van der Waals surface area contributed by atoms with E-state index in [-0.39, 0.29) is 31.2 Å². The summed E-state index contributed by atoms with van der Waals surface area (Å²) in [5, 5.41) is 18.2. The Kier molecular flexibility index (Phi) is 13.2. The van der Waals surface area contributed by atoms with E-state index in [4.69, 9.17) is 5.73 Å². The minimum atomic E-state index is -1.04. The Hall–Kier alpha value is -6.56. The lowest BCUT2D eigenvalue weighted by molar-refractivity contribution is -0.131. The van der Waals surface area contributed by atoms with Gasteiger partial charge in [-0.25, -0.2) is 4.68 Å². The number of para-hydroxylation sites is 1. The molecule has 3 atom stereocenters. The average molecular weight is 781 g/mol. The molecule has 0 aliphatic heterocycles. The van der Waals surface area contributed by atoms with Crippen LogP contribution in [0.15, 0.2) is 109 Å². The molecule has 6 rings (SSSR count). The SMILES string of the molecule is Cc1ccc(NC(=O)Cn2cc(Cn3cc(CC(NC(=O)C(C)c4ccc(CC(C)C)cc4)C(=O)NC(Cc4ccccc4)C(N)=O)c4ccccc43)nn2)c(C)c1. The van der Waals surface area contributed by atoms with E-state index in [1.807, 2.05) is 129 Å². The van der Waals surface area contributed by atoms with Crippen LogP contribution in [0.5, 0.6) is 0 Å². The first-order valence-electron chi connectivity index (χ1n) is 19.7. The molecule has 300 valence electrons. The summed E-state index contributed by atoms with van der Waals surface area (Å²) < 4.78 is 3.51. The molecule has 0 saturated carbocycles. The zero-order valence-electron chi connectivity index (χ0n) is 33.7. The molecule has 0 fully saturated rings. The van der Waals surface area contributed by atoms with Crippen LogP contribution in [0.25, 0.3) is 10.9 Å². The van der Waals surface area contributed by atoms with Gasteiger partial charge in [0.05, 0.1) is 18.7 Å². The summed E-state index contributed by atoms with van der Waals surface area (Å²) in [4.78, 5) is 53.6. The molecular formula is C46H52N8O4. The number of aryl methyl sites for hydroxylation is 2. The van der Waals surface area contributed by atoms with E-state index in [9.17, 15) is 19.2 Å². The quantitative estimate of drug-likeness (QED) is 0.0917. The van der Waals surface area contributed by atoms with Gasteiger partial charge in [-0.2, -0.15) is 0 Å². The highest BCUT2D eigenvalue weighted by atomic mass is 16.2. The molecule has 6 aromatic rings. The fraction of sp³-hybridized carbons (Fsp3) is 0.304. The van der Waals surface area contributed by atoms with Crippen molar-refractivity contribution in [3.05, 3.63) is 149 Å². The molecule has 0 spiro atoms. The molecule has 0 radical (unpaired) electrons. The van der Waals surface area contributed by atoms with Gasteiger partial charge < -0.3 is 26.3 Å². The second-order valence-corrected chi connectivity index (χ2v) is 15.6. The minimum Gasteiger partial charge on any atom is -0.368 e. The number of nitrogens with one attached hydrogen (secondary N) is 3. The number of rotatable bonds is 17. The number of primary amides is 1. The number of anilines is 1. The number of nitrogens with two attached hydrogens (primary N) is 1. The molecule has 2 aromatic heterocycles. The van der Waals surface area contributed by atoms with E-state index in [0.29, 0.717) is 18.2 Å². The first kappa shape index (κ1) is 41.1. The lowest BCUT2D eigenvalue weighted by Gasteiger charge is -2.24. The molecule has 0 bridgehead atoms. The smallest absolute Gasteiger partial charge is 0.246 e. The molecular weight excluding hydrogens is 729 g/mol. The number of amides is 4. The van der Waals surface area contributed by atoms with Gasteiger partial charge in [0.25, 0.3) is 0 Å². The number of nitrogens with zero attached hydrogens (tertiary/aromatic N) is 4. The standard InChI is InChI=1S/C46H52N8O4/c1-29(2)21-34-16-18-35(19-17-34)32(5)45(57)50-41(46(58)49-40(44(47)56)23-33-11-7-6-8-12-33)24-36-25-53(42-14-10-9-13-38(36)42)26-37-27-54(52-51-37)28-43(55)48-39-20-15-30(3)22-31(39)4/h6-20,22,25,27,29,32,40-41H,21,23-24,26,28H2,1-5H3,(H2,47,56)(H,48,55)(H,49,58)(H,50,57). The van der Waals surface area contributed by atoms with Crippen molar-refractivity contribution in [3.8, 4) is 0 Å². The summed E-state index contributed by atoms with van der Waals surface area (Å²) in [5.74, 6) is -1.78. The van der Waals surface area contributed by atoms with Gasteiger partial charge in [-0.1, -0.05) is 110 Å². The van der Waals surface area contributed by atoms with E-state index in [1.165, 1.54) is 10.2 Å². The van der Waals surface area contributed by atoms with Gasteiger partial charge in [0.15, 0.2) is 0 Å². The highest BCUT2D eigenvalue weighted by Crippen LogP contribution is 2.25. The largest absolute Gasteiger partial charge is 0.368 e. The predicted octanol–water partition coefficient (Wildman–Crippen LogP) is 5.78. The Balaban J connectivity index is 1.22. The van der Waals surface area contributed by atoms with Crippen molar-refractivity contribution in [2.24, 2.45) is 11.7 Å². The van der Waals surface area contributed by atoms with Gasteiger partial charge in [-0.15, -0.1) is 5.10 Å².